The molecule has 4 heteroatoms. The topological polar surface area (TPSA) is 37.4 Å². The van der Waals surface area contributed by atoms with Gasteiger partial charge in [0.1, 0.15) is 0 Å². The van der Waals surface area contributed by atoms with Crippen LogP contribution in [0.2, 0.25) is 0 Å². The Morgan fingerprint density at radius 2 is 2.19 bits per heavy atom. The molecule has 0 aromatic rings. The van der Waals surface area contributed by atoms with Crippen molar-refractivity contribution in [3.05, 3.63) is 0 Å². The van der Waals surface area contributed by atoms with Crippen molar-refractivity contribution in [3.8, 4) is 0 Å². The minimum Gasteiger partial charge on any atom is -0.339 e. The van der Waals surface area contributed by atoms with Crippen molar-refractivity contribution >= 4 is 22.8 Å². The maximum absolute atomic E-state index is 12.1. The Morgan fingerprint density at radius 3 is 2.62 bits per heavy atom. The van der Waals surface area contributed by atoms with Gasteiger partial charge in [0.15, 0.2) is 5.12 Å². The third-order valence-corrected chi connectivity index (χ3v) is 3.98. The van der Waals surface area contributed by atoms with Gasteiger partial charge in [-0.15, -0.1) is 0 Å². The molecule has 0 radical (unpaired) electrons. The van der Waals surface area contributed by atoms with Gasteiger partial charge in [-0.3, -0.25) is 9.59 Å². The summed E-state index contributed by atoms with van der Waals surface area (Å²) in [6, 6.07) is 0.287. The molecule has 1 aliphatic rings. The zero-order chi connectivity index (χ0) is 12.3. The van der Waals surface area contributed by atoms with Crippen LogP contribution in [0.1, 0.15) is 33.6 Å². The van der Waals surface area contributed by atoms with Crippen molar-refractivity contribution in [1.29, 1.82) is 0 Å². The lowest BCUT2D eigenvalue weighted by Crippen LogP contribution is -2.34. The van der Waals surface area contributed by atoms with Crippen molar-refractivity contribution in [2.45, 2.75) is 39.7 Å². The first kappa shape index (κ1) is 13.6. The van der Waals surface area contributed by atoms with Crippen molar-refractivity contribution in [2.75, 3.05) is 12.8 Å². The van der Waals surface area contributed by atoms with E-state index in [4.69, 9.17) is 0 Å². The molecular formula is C12H21NO2S. The third-order valence-electron chi connectivity index (χ3n) is 3.32. The Balaban J connectivity index is 2.54. The average molecular weight is 243 g/mol. The monoisotopic (exact) mass is 243 g/mol. The molecule has 2 unspecified atom stereocenters. The molecule has 0 bridgehead atoms. The fourth-order valence-electron chi connectivity index (χ4n) is 2.23. The predicted octanol–water partition coefficient (Wildman–Crippen LogP) is 2.16. The highest BCUT2D eigenvalue weighted by atomic mass is 32.2. The summed E-state index contributed by atoms with van der Waals surface area (Å²) in [5, 5.41) is 0.160. The molecule has 2 atom stereocenters. The summed E-state index contributed by atoms with van der Waals surface area (Å²) >= 11 is 1.24. The minimum absolute atomic E-state index is 0.152. The third kappa shape index (κ3) is 3.00. The zero-order valence-corrected chi connectivity index (χ0v) is 11.3. The van der Waals surface area contributed by atoms with E-state index < -0.39 is 0 Å². The van der Waals surface area contributed by atoms with E-state index in [1.54, 1.807) is 6.26 Å². The van der Waals surface area contributed by atoms with Gasteiger partial charge in [-0.05, 0) is 25.5 Å². The zero-order valence-electron chi connectivity index (χ0n) is 10.5. The van der Waals surface area contributed by atoms with Crippen LogP contribution in [-0.2, 0) is 9.59 Å². The molecule has 0 N–H and O–H groups in total. The molecule has 1 aliphatic heterocycles. The van der Waals surface area contributed by atoms with Gasteiger partial charge in [-0.25, -0.2) is 0 Å². The van der Waals surface area contributed by atoms with Crippen molar-refractivity contribution in [2.24, 2.45) is 11.8 Å². The van der Waals surface area contributed by atoms with Crippen molar-refractivity contribution in [1.82, 2.24) is 4.90 Å². The van der Waals surface area contributed by atoms with Gasteiger partial charge in [0.2, 0.25) is 5.91 Å². The maximum Gasteiger partial charge on any atom is 0.226 e. The lowest BCUT2D eigenvalue weighted by atomic mass is 9.93. The van der Waals surface area contributed by atoms with Crippen molar-refractivity contribution < 1.29 is 9.59 Å². The van der Waals surface area contributed by atoms with E-state index >= 15 is 0 Å². The van der Waals surface area contributed by atoms with Crippen LogP contribution in [-0.4, -0.2) is 34.8 Å². The number of nitrogens with zero attached hydrogens (tertiary/aromatic N) is 1. The van der Waals surface area contributed by atoms with Gasteiger partial charge in [-0.2, -0.15) is 0 Å². The fraction of sp³-hybridized carbons (Fsp3) is 0.833. The van der Waals surface area contributed by atoms with Crippen LogP contribution in [0.3, 0.4) is 0 Å². The summed E-state index contributed by atoms with van der Waals surface area (Å²) < 4.78 is 0. The van der Waals surface area contributed by atoms with Crippen LogP contribution in [0.25, 0.3) is 0 Å². The number of amides is 1. The van der Waals surface area contributed by atoms with Gasteiger partial charge in [0, 0.05) is 24.9 Å². The molecule has 1 rings (SSSR count). The number of rotatable bonds is 4. The molecule has 16 heavy (non-hydrogen) atoms. The van der Waals surface area contributed by atoms with Crippen LogP contribution in [0.5, 0.6) is 0 Å². The van der Waals surface area contributed by atoms with Crippen LogP contribution in [0, 0.1) is 11.8 Å². The van der Waals surface area contributed by atoms with Gasteiger partial charge >= 0.3 is 0 Å². The summed E-state index contributed by atoms with van der Waals surface area (Å²) in [7, 11) is 0. The average Bonchev–Trinajstić information content (AvgIpc) is 2.51. The van der Waals surface area contributed by atoms with Crippen molar-refractivity contribution in [3.63, 3.8) is 0 Å². The largest absolute Gasteiger partial charge is 0.339 e. The lowest BCUT2D eigenvalue weighted by molar-refractivity contribution is -0.133. The van der Waals surface area contributed by atoms with E-state index in [1.165, 1.54) is 11.8 Å². The minimum atomic E-state index is 0.152. The van der Waals surface area contributed by atoms with E-state index in [0.717, 1.165) is 6.42 Å². The highest BCUT2D eigenvalue weighted by molar-refractivity contribution is 8.13. The van der Waals surface area contributed by atoms with Gasteiger partial charge < -0.3 is 4.90 Å². The van der Waals surface area contributed by atoms with Gasteiger partial charge in [-0.1, -0.05) is 25.6 Å². The Bertz CT molecular complexity index is 278. The summed E-state index contributed by atoms with van der Waals surface area (Å²) in [5.74, 6) is 0.784. The van der Waals surface area contributed by atoms with E-state index in [2.05, 4.69) is 20.8 Å². The lowest BCUT2D eigenvalue weighted by Gasteiger charge is -2.21. The van der Waals surface area contributed by atoms with Crippen LogP contribution in [0.15, 0.2) is 0 Å². The second-order valence-electron chi connectivity index (χ2n) is 4.79. The SMILES string of the molecule is CSC(=O)CCN1C(=O)C(C(C)C)CC1C. The number of carbonyl (C=O) groups is 2. The molecule has 0 spiro atoms. The number of hydrogen-bond donors (Lipinski definition) is 0. The van der Waals surface area contributed by atoms with E-state index in [0.29, 0.717) is 18.9 Å². The van der Waals surface area contributed by atoms with Crippen LogP contribution in [0.4, 0.5) is 0 Å². The van der Waals surface area contributed by atoms with E-state index in [1.807, 2.05) is 4.90 Å². The normalized spacial score (nSPS) is 25.6. The second-order valence-corrected chi connectivity index (χ2v) is 5.66. The smallest absolute Gasteiger partial charge is 0.226 e. The number of carbonyl (C=O) groups excluding carboxylic acids is 2. The standard InChI is InChI=1S/C12H21NO2S/c1-8(2)10-7-9(3)13(12(10)15)6-5-11(14)16-4/h8-10H,5-7H2,1-4H3. The second kappa shape index (κ2) is 5.71. The summed E-state index contributed by atoms with van der Waals surface area (Å²) in [4.78, 5) is 25.2. The maximum atomic E-state index is 12.1. The summed E-state index contributed by atoms with van der Waals surface area (Å²) in [5.41, 5.74) is 0. The first-order chi connectivity index (χ1) is 7.47. The number of hydrogen-bond acceptors (Lipinski definition) is 3. The Labute approximate surface area is 102 Å². The molecule has 1 fully saturated rings. The van der Waals surface area contributed by atoms with E-state index in [-0.39, 0.29) is 23.0 Å². The predicted molar refractivity (Wildman–Crippen MR) is 67.3 cm³/mol. The fourth-order valence-corrected chi connectivity index (χ4v) is 2.52. The Morgan fingerprint density at radius 1 is 1.56 bits per heavy atom. The summed E-state index contributed by atoms with van der Waals surface area (Å²) in [6.07, 6.45) is 3.19. The van der Waals surface area contributed by atoms with E-state index in [9.17, 15) is 9.59 Å². The number of likely N-dealkylation sites (tertiary alicyclic amines) is 1. The molecular weight excluding hydrogens is 222 g/mol. The Kier molecular flexibility index (Phi) is 4.84. The molecule has 0 aliphatic carbocycles. The van der Waals surface area contributed by atoms with Gasteiger partial charge in [0.05, 0.1) is 0 Å². The first-order valence-electron chi connectivity index (χ1n) is 5.84. The van der Waals surface area contributed by atoms with Crippen LogP contribution >= 0.6 is 11.8 Å². The molecule has 0 aromatic heterocycles. The molecule has 1 saturated heterocycles. The Hall–Kier alpha value is -0.510. The highest BCUT2D eigenvalue weighted by Crippen LogP contribution is 2.30. The molecule has 1 amide bonds. The highest BCUT2D eigenvalue weighted by Gasteiger charge is 2.38. The molecule has 92 valence electrons. The first-order valence-corrected chi connectivity index (χ1v) is 7.07. The molecule has 0 aromatic carbocycles. The molecule has 0 saturated carbocycles. The molecule has 1 heterocycles. The quantitative estimate of drug-likeness (QED) is 0.759. The van der Waals surface area contributed by atoms with Crippen LogP contribution < -0.4 is 0 Å². The number of thioether (sulfide) groups is 1. The molecule has 3 nitrogen and oxygen atoms in total. The van der Waals surface area contributed by atoms with Gasteiger partial charge in [0.25, 0.3) is 0 Å². The summed E-state index contributed by atoms with van der Waals surface area (Å²) in [6.45, 7) is 6.84.